The molecule has 0 aliphatic heterocycles. The zero-order valence-corrected chi connectivity index (χ0v) is 19.6. The van der Waals surface area contributed by atoms with Crippen LogP contribution in [0.15, 0.2) is 77.7 Å². The van der Waals surface area contributed by atoms with E-state index in [4.69, 9.17) is 11.6 Å². The summed E-state index contributed by atoms with van der Waals surface area (Å²) in [5.74, 6) is -0.304. The summed E-state index contributed by atoms with van der Waals surface area (Å²) in [7, 11) is -3.76. The van der Waals surface area contributed by atoms with E-state index in [9.17, 15) is 13.2 Å². The van der Waals surface area contributed by atoms with Gasteiger partial charge in [-0.2, -0.15) is 0 Å². The predicted molar refractivity (Wildman–Crippen MR) is 132 cm³/mol. The molecule has 0 saturated heterocycles. The lowest BCUT2D eigenvalue weighted by atomic mass is 9.94. The Balaban J connectivity index is 1.29. The van der Waals surface area contributed by atoms with Crippen molar-refractivity contribution in [1.82, 2.24) is 4.98 Å². The van der Waals surface area contributed by atoms with Crippen LogP contribution >= 0.6 is 22.9 Å². The molecule has 1 amide bonds. The minimum Gasteiger partial charge on any atom is -0.298 e. The summed E-state index contributed by atoms with van der Waals surface area (Å²) in [5.41, 5.74) is 4.07. The van der Waals surface area contributed by atoms with Crippen molar-refractivity contribution in [1.29, 1.82) is 0 Å². The van der Waals surface area contributed by atoms with Gasteiger partial charge in [0.15, 0.2) is 5.13 Å². The number of nitrogens with zero attached hydrogens (tertiary/aromatic N) is 1. The fourth-order valence-corrected chi connectivity index (χ4v) is 5.84. The first-order valence-corrected chi connectivity index (χ1v) is 12.8. The average Bonchev–Trinajstić information content (AvgIpc) is 3.22. The second kappa shape index (κ2) is 8.62. The second-order valence-corrected chi connectivity index (χ2v) is 10.7. The van der Waals surface area contributed by atoms with Crippen molar-refractivity contribution in [3.8, 4) is 11.3 Å². The maximum Gasteiger partial charge on any atom is 0.261 e. The van der Waals surface area contributed by atoms with Gasteiger partial charge in [-0.1, -0.05) is 35.9 Å². The van der Waals surface area contributed by atoms with E-state index in [0.717, 1.165) is 29.0 Å². The molecule has 0 fully saturated rings. The largest absolute Gasteiger partial charge is 0.298 e. The Morgan fingerprint density at radius 1 is 0.939 bits per heavy atom. The lowest BCUT2D eigenvalue weighted by Crippen LogP contribution is -2.14. The van der Waals surface area contributed by atoms with Crippen molar-refractivity contribution in [2.24, 2.45) is 0 Å². The summed E-state index contributed by atoms with van der Waals surface area (Å²) >= 11 is 7.31. The number of aryl methyl sites for hydroxylation is 2. The number of fused-ring (bicyclic) bond motifs is 3. The number of amides is 1. The van der Waals surface area contributed by atoms with Crippen LogP contribution in [0.3, 0.4) is 0 Å². The number of nitrogens with one attached hydrogen (secondary N) is 2. The molecule has 1 aromatic heterocycles. The Bertz CT molecular complexity index is 1450. The zero-order valence-electron chi connectivity index (χ0n) is 17.2. The normalized spacial score (nSPS) is 12.5. The third kappa shape index (κ3) is 4.50. The van der Waals surface area contributed by atoms with E-state index in [0.29, 0.717) is 21.4 Å². The van der Waals surface area contributed by atoms with Gasteiger partial charge in [0, 0.05) is 26.7 Å². The van der Waals surface area contributed by atoms with E-state index in [1.807, 2.05) is 12.1 Å². The molecule has 0 bridgehead atoms. The Labute approximate surface area is 200 Å². The summed E-state index contributed by atoms with van der Waals surface area (Å²) in [6.45, 7) is 0. The van der Waals surface area contributed by atoms with E-state index in [-0.39, 0.29) is 10.8 Å². The molecule has 5 rings (SSSR count). The molecule has 33 heavy (non-hydrogen) atoms. The summed E-state index contributed by atoms with van der Waals surface area (Å²) in [5, 5.41) is 3.87. The first kappa shape index (κ1) is 21.6. The summed E-state index contributed by atoms with van der Waals surface area (Å²) in [4.78, 5) is 18.6. The highest BCUT2D eigenvalue weighted by Crippen LogP contribution is 2.38. The molecule has 0 unspecified atom stereocenters. The number of benzene rings is 3. The minimum absolute atomic E-state index is 0.100. The number of thiazole rings is 1. The van der Waals surface area contributed by atoms with Crippen LogP contribution in [0.5, 0.6) is 0 Å². The van der Waals surface area contributed by atoms with E-state index < -0.39 is 10.0 Å². The van der Waals surface area contributed by atoms with E-state index in [1.165, 1.54) is 41.2 Å². The maximum absolute atomic E-state index is 12.7. The molecule has 2 N–H and O–H groups in total. The van der Waals surface area contributed by atoms with Crippen LogP contribution in [0.4, 0.5) is 10.8 Å². The van der Waals surface area contributed by atoms with Gasteiger partial charge in [0.05, 0.1) is 10.6 Å². The van der Waals surface area contributed by atoms with E-state index in [1.54, 1.807) is 24.3 Å². The molecule has 9 heteroatoms. The fraction of sp³-hybridized carbons (Fsp3) is 0.0833. The number of hydrogen-bond donors (Lipinski definition) is 2. The molecular weight excluding hydrogens is 478 g/mol. The van der Waals surface area contributed by atoms with E-state index in [2.05, 4.69) is 27.2 Å². The fourth-order valence-electron chi connectivity index (χ4n) is 3.69. The van der Waals surface area contributed by atoms with Crippen LogP contribution < -0.4 is 10.0 Å². The molecule has 4 aromatic rings. The Hall–Kier alpha value is -3.20. The molecule has 166 valence electrons. The number of rotatable bonds is 5. The van der Waals surface area contributed by atoms with Crippen LogP contribution in [0, 0.1) is 0 Å². The zero-order chi connectivity index (χ0) is 23.0. The Kier molecular flexibility index (Phi) is 5.65. The molecule has 0 radical (unpaired) electrons. The summed E-state index contributed by atoms with van der Waals surface area (Å²) < 4.78 is 27.5. The van der Waals surface area contributed by atoms with Crippen molar-refractivity contribution in [2.75, 3.05) is 10.0 Å². The second-order valence-electron chi connectivity index (χ2n) is 7.54. The van der Waals surface area contributed by atoms with Crippen molar-refractivity contribution in [2.45, 2.75) is 17.7 Å². The molecule has 1 aliphatic rings. The van der Waals surface area contributed by atoms with Crippen LogP contribution in [0.2, 0.25) is 5.02 Å². The van der Waals surface area contributed by atoms with Crippen LogP contribution in [-0.2, 0) is 22.9 Å². The van der Waals surface area contributed by atoms with Gasteiger partial charge < -0.3 is 0 Å². The summed E-state index contributed by atoms with van der Waals surface area (Å²) in [6, 6.07) is 20.3. The highest BCUT2D eigenvalue weighted by molar-refractivity contribution is 7.92. The number of halogens is 1. The average molecular weight is 496 g/mol. The van der Waals surface area contributed by atoms with Gasteiger partial charge in [-0.3, -0.25) is 14.8 Å². The number of carbonyl (C=O) groups excluding carboxylic acids is 1. The van der Waals surface area contributed by atoms with Gasteiger partial charge in [-0.05, 0) is 66.9 Å². The first-order valence-electron chi connectivity index (χ1n) is 10.2. The lowest BCUT2D eigenvalue weighted by molar-refractivity contribution is 0.102. The van der Waals surface area contributed by atoms with Gasteiger partial charge >= 0.3 is 0 Å². The standard InChI is InChI=1S/C24H18ClN3O3S2/c25-17-8-12-19(13-9-17)33(30,31)28-18-10-5-16(6-11-18)23(29)27-24-26-22-20-4-2-1-3-15(20)7-14-21(22)32-24/h1-6,8-13,28H,7,14H2,(H,26,27,29). The highest BCUT2D eigenvalue weighted by Gasteiger charge is 2.21. The topological polar surface area (TPSA) is 88.2 Å². The molecule has 0 saturated carbocycles. The smallest absolute Gasteiger partial charge is 0.261 e. The van der Waals surface area contributed by atoms with E-state index >= 15 is 0 Å². The van der Waals surface area contributed by atoms with Gasteiger partial charge in [-0.15, -0.1) is 11.3 Å². The van der Waals surface area contributed by atoms with Crippen molar-refractivity contribution >= 4 is 49.7 Å². The number of aromatic nitrogens is 1. The van der Waals surface area contributed by atoms with Crippen molar-refractivity contribution < 1.29 is 13.2 Å². The Morgan fingerprint density at radius 2 is 1.67 bits per heavy atom. The molecule has 6 nitrogen and oxygen atoms in total. The Morgan fingerprint density at radius 3 is 2.42 bits per heavy atom. The van der Waals surface area contributed by atoms with Gasteiger partial charge in [0.1, 0.15) is 0 Å². The van der Waals surface area contributed by atoms with Crippen LogP contribution in [0.1, 0.15) is 20.8 Å². The van der Waals surface area contributed by atoms with Gasteiger partial charge in [-0.25, -0.2) is 13.4 Å². The SMILES string of the molecule is O=C(Nc1nc2c(s1)CCc1ccccc1-2)c1ccc(NS(=O)(=O)c2ccc(Cl)cc2)cc1. The van der Waals surface area contributed by atoms with Crippen molar-refractivity contribution in [3.63, 3.8) is 0 Å². The molecular formula is C24H18ClN3O3S2. The van der Waals surface area contributed by atoms with Crippen LogP contribution in [-0.4, -0.2) is 19.3 Å². The number of sulfonamides is 1. The monoisotopic (exact) mass is 495 g/mol. The van der Waals surface area contributed by atoms with Crippen LogP contribution in [0.25, 0.3) is 11.3 Å². The number of hydrogen-bond acceptors (Lipinski definition) is 5. The number of anilines is 2. The quantitative estimate of drug-likeness (QED) is 0.376. The molecule has 1 aliphatic carbocycles. The van der Waals surface area contributed by atoms with Gasteiger partial charge in [0.2, 0.25) is 0 Å². The molecule has 1 heterocycles. The predicted octanol–water partition coefficient (Wildman–Crippen LogP) is 5.62. The number of carbonyl (C=O) groups is 1. The van der Waals surface area contributed by atoms with Gasteiger partial charge in [0.25, 0.3) is 15.9 Å². The summed E-state index contributed by atoms with van der Waals surface area (Å²) in [6.07, 6.45) is 1.87. The maximum atomic E-state index is 12.7. The molecule has 0 atom stereocenters. The third-order valence-corrected chi connectivity index (χ3v) is 8.01. The first-order chi connectivity index (χ1) is 15.9. The molecule has 3 aromatic carbocycles. The minimum atomic E-state index is -3.76. The highest BCUT2D eigenvalue weighted by atomic mass is 35.5. The third-order valence-electron chi connectivity index (χ3n) is 5.33. The van der Waals surface area contributed by atoms with Crippen molar-refractivity contribution in [3.05, 3.63) is 93.8 Å². The molecule has 0 spiro atoms. The lowest BCUT2D eigenvalue weighted by Gasteiger charge is -2.13.